The van der Waals surface area contributed by atoms with Crippen molar-refractivity contribution in [1.82, 2.24) is 0 Å². The maximum atomic E-state index is 12.0. The highest BCUT2D eigenvalue weighted by molar-refractivity contribution is 7.57. The van der Waals surface area contributed by atoms with Crippen LogP contribution in [0, 0.1) is 0 Å². The van der Waals surface area contributed by atoms with Gasteiger partial charge in [-0.15, -0.1) is 0 Å². The first-order chi connectivity index (χ1) is 8.20. The van der Waals surface area contributed by atoms with Crippen LogP contribution in [0.25, 0.3) is 0 Å². The number of ether oxygens (including phenoxy) is 1. The van der Waals surface area contributed by atoms with Crippen LogP contribution in [-0.4, -0.2) is 13.2 Å². The molecule has 4 nitrogen and oxygen atoms in total. The Morgan fingerprint density at radius 3 is 2.24 bits per heavy atom. The second kappa shape index (κ2) is 7.28. The third-order valence-electron chi connectivity index (χ3n) is 1.81. The SMILES string of the molecule is CCOP(=O)(C=COc1ccccc1)OCC. The van der Waals surface area contributed by atoms with Crippen LogP contribution in [-0.2, 0) is 13.6 Å². The van der Waals surface area contributed by atoms with Gasteiger partial charge >= 0.3 is 7.60 Å². The highest BCUT2D eigenvalue weighted by Gasteiger charge is 2.18. The number of benzene rings is 1. The van der Waals surface area contributed by atoms with Gasteiger partial charge in [0.1, 0.15) is 5.75 Å². The molecule has 0 aliphatic heterocycles. The third-order valence-corrected chi connectivity index (χ3v) is 3.53. The minimum Gasteiger partial charge on any atom is -0.465 e. The predicted octanol–water partition coefficient (Wildman–Crippen LogP) is 3.80. The van der Waals surface area contributed by atoms with Gasteiger partial charge < -0.3 is 13.8 Å². The van der Waals surface area contributed by atoms with Crippen molar-refractivity contribution < 1.29 is 18.3 Å². The number of hydrogen-bond acceptors (Lipinski definition) is 4. The number of hydrogen-bond donors (Lipinski definition) is 0. The molecule has 17 heavy (non-hydrogen) atoms. The molecule has 1 aromatic carbocycles. The van der Waals surface area contributed by atoms with Crippen LogP contribution >= 0.6 is 7.60 Å². The molecule has 5 heteroatoms. The van der Waals surface area contributed by atoms with E-state index >= 15 is 0 Å². The van der Waals surface area contributed by atoms with E-state index in [2.05, 4.69) is 0 Å². The van der Waals surface area contributed by atoms with Crippen molar-refractivity contribution in [2.45, 2.75) is 13.8 Å². The summed E-state index contributed by atoms with van der Waals surface area (Å²) >= 11 is 0. The Bertz CT molecular complexity index is 379. The van der Waals surface area contributed by atoms with Crippen molar-refractivity contribution in [3.8, 4) is 5.75 Å². The Labute approximate surface area is 102 Å². The maximum absolute atomic E-state index is 12.0. The highest BCUT2D eigenvalue weighted by Crippen LogP contribution is 2.49. The number of rotatable bonds is 7. The summed E-state index contributed by atoms with van der Waals surface area (Å²) in [6.07, 6.45) is 1.33. The lowest BCUT2D eigenvalue weighted by atomic mass is 10.3. The molecule has 0 N–H and O–H groups in total. The van der Waals surface area contributed by atoms with Crippen LogP contribution in [0.1, 0.15) is 13.8 Å². The Balaban J connectivity index is 2.58. The molecule has 1 rings (SSSR count). The first kappa shape index (κ1) is 14.0. The van der Waals surface area contributed by atoms with E-state index in [0.717, 1.165) is 0 Å². The second-order valence-electron chi connectivity index (χ2n) is 3.09. The summed E-state index contributed by atoms with van der Waals surface area (Å²) in [5.74, 6) is 2.00. The van der Waals surface area contributed by atoms with Crippen LogP contribution in [0.15, 0.2) is 42.4 Å². The van der Waals surface area contributed by atoms with Gasteiger partial charge in [0.25, 0.3) is 0 Å². The Morgan fingerprint density at radius 2 is 1.71 bits per heavy atom. The molecular formula is C12H17O4P. The Kier molecular flexibility index (Phi) is 5.98. The molecule has 0 radical (unpaired) electrons. The van der Waals surface area contributed by atoms with Crippen molar-refractivity contribution in [2.75, 3.05) is 13.2 Å². The highest BCUT2D eigenvalue weighted by atomic mass is 31.2. The van der Waals surface area contributed by atoms with Gasteiger partial charge in [0, 0.05) is 0 Å². The second-order valence-corrected chi connectivity index (χ2v) is 4.99. The van der Waals surface area contributed by atoms with Crippen LogP contribution in [0.3, 0.4) is 0 Å². The third kappa shape index (κ3) is 5.18. The van der Waals surface area contributed by atoms with Gasteiger partial charge in [-0.2, -0.15) is 0 Å². The standard InChI is InChI=1S/C12H17O4P/c1-3-15-17(13,16-4-2)11-10-14-12-8-6-5-7-9-12/h5-11H,3-4H2,1-2H3. The van der Waals surface area contributed by atoms with E-state index in [4.69, 9.17) is 13.8 Å². The maximum Gasteiger partial charge on any atom is 0.357 e. The van der Waals surface area contributed by atoms with E-state index < -0.39 is 7.60 Å². The largest absolute Gasteiger partial charge is 0.465 e. The molecule has 0 amide bonds. The Morgan fingerprint density at radius 1 is 1.12 bits per heavy atom. The topological polar surface area (TPSA) is 44.8 Å². The van der Waals surface area contributed by atoms with Crippen molar-refractivity contribution in [1.29, 1.82) is 0 Å². The molecule has 0 bridgehead atoms. The van der Waals surface area contributed by atoms with Gasteiger partial charge in [-0.1, -0.05) is 18.2 Å². The molecular weight excluding hydrogens is 239 g/mol. The molecule has 0 saturated heterocycles. The summed E-state index contributed by atoms with van der Waals surface area (Å²) in [6.45, 7) is 4.18. The predicted molar refractivity (Wildman–Crippen MR) is 67.1 cm³/mol. The molecule has 0 atom stereocenters. The van der Waals surface area contributed by atoms with Gasteiger partial charge in [0.15, 0.2) is 0 Å². The lowest BCUT2D eigenvalue weighted by molar-refractivity contribution is 0.228. The van der Waals surface area contributed by atoms with Crippen molar-refractivity contribution in [3.05, 3.63) is 42.4 Å². The quantitative estimate of drug-likeness (QED) is 0.549. The minimum atomic E-state index is -3.16. The number of para-hydroxylation sites is 1. The summed E-state index contributed by atoms with van der Waals surface area (Å²) in [5, 5.41) is 0. The van der Waals surface area contributed by atoms with Gasteiger partial charge in [0.05, 0.1) is 25.3 Å². The molecule has 0 aliphatic carbocycles. The van der Waals surface area contributed by atoms with E-state index in [-0.39, 0.29) is 0 Å². The fraction of sp³-hybridized carbons (Fsp3) is 0.333. The summed E-state index contributed by atoms with van der Waals surface area (Å²) < 4.78 is 27.4. The molecule has 0 aromatic heterocycles. The van der Waals surface area contributed by atoms with Crippen LogP contribution < -0.4 is 4.74 Å². The van der Waals surface area contributed by atoms with E-state index in [1.165, 1.54) is 12.1 Å². The normalized spacial score (nSPS) is 11.9. The summed E-state index contributed by atoms with van der Waals surface area (Å²) in [6, 6.07) is 9.21. The van der Waals surface area contributed by atoms with Gasteiger partial charge in [-0.25, -0.2) is 0 Å². The van der Waals surface area contributed by atoms with Crippen molar-refractivity contribution >= 4 is 7.60 Å². The molecule has 0 spiro atoms. The van der Waals surface area contributed by atoms with Crippen LogP contribution in [0.2, 0.25) is 0 Å². The van der Waals surface area contributed by atoms with E-state index in [1.54, 1.807) is 26.0 Å². The summed E-state index contributed by atoms with van der Waals surface area (Å²) in [5.41, 5.74) is 0. The lowest BCUT2D eigenvalue weighted by Gasteiger charge is -2.12. The van der Waals surface area contributed by atoms with Gasteiger partial charge in [0.2, 0.25) is 0 Å². The monoisotopic (exact) mass is 256 g/mol. The van der Waals surface area contributed by atoms with E-state index in [1.807, 2.05) is 18.2 Å². The van der Waals surface area contributed by atoms with Crippen molar-refractivity contribution in [2.24, 2.45) is 0 Å². The zero-order chi connectivity index (χ0) is 12.6. The molecule has 0 saturated carbocycles. The summed E-state index contributed by atoms with van der Waals surface area (Å²) in [7, 11) is -3.16. The first-order valence-corrected chi connectivity index (χ1v) is 7.09. The lowest BCUT2D eigenvalue weighted by Crippen LogP contribution is -1.93. The van der Waals surface area contributed by atoms with Crippen LogP contribution in [0.4, 0.5) is 0 Å². The molecule has 94 valence electrons. The van der Waals surface area contributed by atoms with Crippen LogP contribution in [0.5, 0.6) is 5.75 Å². The fourth-order valence-electron chi connectivity index (χ4n) is 1.17. The van der Waals surface area contributed by atoms with Crippen molar-refractivity contribution in [3.63, 3.8) is 0 Å². The smallest absolute Gasteiger partial charge is 0.357 e. The molecule has 0 unspecified atom stereocenters. The average molecular weight is 256 g/mol. The van der Waals surface area contributed by atoms with Gasteiger partial charge in [-0.05, 0) is 26.0 Å². The molecule has 0 fully saturated rings. The Hall–Kier alpha value is -1.09. The minimum absolute atomic E-state index is 0.326. The molecule has 1 aromatic rings. The zero-order valence-corrected chi connectivity index (χ0v) is 10.9. The summed E-state index contributed by atoms with van der Waals surface area (Å²) in [4.78, 5) is 0. The fourth-order valence-corrected chi connectivity index (χ4v) is 2.34. The first-order valence-electron chi connectivity index (χ1n) is 5.48. The van der Waals surface area contributed by atoms with E-state index in [9.17, 15) is 4.57 Å². The molecule has 0 heterocycles. The average Bonchev–Trinajstić information content (AvgIpc) is 2.31. The van der Waals surface area contributed by atoms with E-state index in [0.29, 0.717) is 19.0 Å². The zero-order valence-electron chi connectivity index (χ0n) is 10.0. The molecule has 0 aliphatic rings. The van der Waals surface area contributed by atoms with Gasteiger partial charge in [-0.3, -0.25) is 4.57 Å².